The van der Waals surface area contributed by atoms with Gasteiger partial charge in [-0.15, -0.1) is 0 Å². The van der Waals surface area contributed by atoms with Crippen LogP contribution in [0, 0.1) is 0 Å². The van der Waals surface area contributed by atoms with Gasteiger partial charge in [0.15, 0.2) is 0 Å². The number of aliphatic imine (C=N–C) groups is 1. The van der Waals surface area contributed by atoms with Gasteiger partial charge >= 0.3 is 0 Å². The molecule has 0 fully saturated rings. The van der Waals surface area contributed by atoms with Gasteiger partial charge in [-0.3, -0.25) is 9.69 Å². The second-order valence-corrected chi connectivity index (χ2v) is 1.80. The van der Waals surface area contributed by atoms with Crippen LogP contribution in [0.4, 0.5) is 0 Å². The van der Waals surface area contributed by atoms with E-state index in [2.05, 4.69) is 17.2 Å². The molecule has 0 aromatic rings. The molecule has 0 unspecified atom stereocenters. The van der Waals surface area contributed by atoms with Crippen molar-refractivity contribution in [2.45, 2.75) is 0 Å². The lowest BCUT2D eigenvalue weighted by Crippen LogP contribution is -2.24. The van der Waals surface area contributed by atoms with Gasteiger partial charge in [-0.25, -0.2) is 4.99 Å². The van der Waals surface area contributed by atoms with Crippen LogP contribution in [0.5, 0.6) is 0 Å². The van der Waals surface area contributed by atoms with Crippen molar-refractivity contribution in [1.82, 2.24) is 4.90 Å². The van der Waals surface area contributed by atoms with E-state index < -0.39 is 0 Å². The normalized spacial score (nSPS) is 18.4. The molecule has 0 N–H and O–H groups in total. The van der Waals surface area contributed by atoms with Crippen molar-refractivity contribution in [2.75, 3.05) is 7.05 Å². The van der Waals surface area contributed by atoms with E-state index in [4.69, 9.17) is 0 Å². The van der Waals surface area contributed by atoms with Crippen molar-refractivity contribution in [3.8, 4) is 0 Å². The fourth-order valence-corrected chi connectivity index (χ4v) is 0.521. The molecule has 0 aliphatic carbocycles. The van der Waals surface area contributed by atoms with Crippen LogP contribution in [0.15, 0.2) is 4.99 Å². The fraction of sp³-hybridized carbons (Fsp3) is 0.250. The average molecular weight is 128 g/mol. The van der Waals surface area contributed by atoms with Gasteiger partial charge < -0.3 is 0 Å². The zero-order valence-corrected chi connectivity index (χ0v) is 5.10. The standard InChI is InChI=1S/C4H4N2OS/c1-6-3(7)2-5-4(6)8/h2H,1H3. The smallest absolute Gasteiger partial charge is 0.271 e. The minimum Gasteiger partial charge on any atom is -0.286 e. The first-order valence-corrected chi connectivity index (χ1v) is 2.48. The Morgan fingerprint density at radius 3 is 2.62 bits per heavy atom. The monoisotopic (exact) mass is 128 g/mol. The summed E-state index contributed by atoms with van der Waals surface area (Å²) >= 11 is 4.63. The number of nitrogens with zero attached hydrogens (tertiary/aromatic N) is 2. The number of hydrogen-bond acceptors (Lipinski definition) is 2. The maximum Gasteiger partial charge on any atom is 0.271 e. The predicted molar refractivity (Wildman–Crippen MR) is 33.9 cm³/mol. The molecule has 0 bridgehead atoms. The first kappa shape index (κ1) is 5.37. The van der Waals surface area contributed by atoms with Gasteiger partial charge in [0.25, 0.3) is 5.91 Å². The molecule has 0 aromatic heterocycles. The highest BCUT2D eigenvalue weighted by Gasteiger charge is 2.15. The van der Waals surface area contributed by atoms with Crippen molar-refractivity contribution in [3.05, 3.63) is 0 Å². The summed E-state index contributed by atoms with van der Waals surface area (Å²) in [7, 11) is 1.59. The van der Waals surface area contributed by atoms with Gasteiger partial charge in [0.05, 0.1) is 6.21 Å². The summed E-state index contributed by atoms with van der Waals surface area (Å²) in [4.78, 5) is 15.4. The summed E-state index contributed by atoms with van der Waals surface area (Å²) in [6, 6.07) is 0. The molecule has 0 radical (unpaired) electrons. The van der Waals surface area contributed by atoms with E-state index in [1.54, 1.807) is 7.05 Å². The zero-order chi connectivity index (χ0) is 6.15. The summed E-state index contributed by atoms with van der Waals surface area (Å²) < 4.78 is 0. The Hall–Kier alpha value is -0.770. The Morgan fingerprint density at radius 2 is 2.50 bits per heavy atom. The molecule has 0 atom stereocenters. The number of carbonyl (C=O) groups is 1. The van der Waals surface area contributed by atoms with Gasteiger partial charge in [0.2, 0.25) is 5.11 Å². The van der Waals surface area contributed by atoms with E-state index in [1.165, 1.54) is 11.1 Å². The highest BCUT2D eigenvalue weighted by Crippen LogP contribution is 1.95. The fourth-order valence-electron chi connectivity index (χ4n) is 0.378. The van der Waals surface area contributed by atoms with Gasteiger partial charge in [0.1, 0.15) is 0 Å². The molecule has 0 aromatic carbocycles. The van der Waals surface area contributed by atoms with Crippen molar-refractivity contribution < 1.29 is 4.79 Å². The van der Waals surface area contributed by atoms with Crippen LogP contribution in [0.2, 0.25) is 0 Å². The molecule has 1 amide bonds. The minimum absolute atomic E-state index is 0.144. The molecule has 0 saturated carbocycles. The largest absolute Gasteiger partial charge is 0.286 e. The minimum atomic E-state index is -0.144. The summed E-state index contributed by atoms with van der Waals surface area (Å²) in [6.45, 7) is 0. The summed E-state index contributed by atoms with van der Waals surface area (Å²) in [5.41, 5.74) is 0. The number of hydrogen-bond donors (Lipinski definition) is 0. The topological polar surface area (TPSA) is 32.7 Å². The SMILES string of the molecule is CN1C(=O)C=NC1=S. The number of amides is 1. The predicted octanol–water partition coefficient (Wildman–Crippen LogP) is -0.186. The third kappa shape index (κ3) is 0.626. The molecule has 42 valence electrons. The number of thiocarbonyl (C=S) groups is 1. The summed E-state index contributed by atoms with van der Waals surface area (Å²) in [6.07, 6.45) is 1.21. The Labute approximate surface area is 52.0 Å². The van der Waals surface area contributed by atoms with Crippen LogP contribution in [-0.2, 0) is 4.79 Å². The van der Waals surface area contributed by atoms with Crippen LogP contribution in [0.25, 0.3) is 0 Å². The summed E-state index contributed by atoms with van der Waals surface area (Å²) in [5, 5.41) is 0.343. The quantitative estimate of drug-likeness (QED) is 0.424. The number of carbonyl (C=O) groups excluding carboxylic acids is 1. The van der Waals surface area contributed by atoms with Crippen LogP contribution >= 0.6 is 12.2 Å². The molecular weight excluding hydrogens is 124 g/mol. The first-order valence-electron chi connectivity index (χ1n) is 2.07. The lowest BCUT2D eigenvalue weighted by Gasteiger charge is -2.02. The molecular formula is C4H4N2OS. The van der Waals surface area contributed by atoms with E-state index in [9.17, 15) is 4.79 Å². The average Bonchev–Trinajstić information content (AvgIpc) is 1.98. The Balaban J connectivity index is 2.84. The molecule has 1 heterocycles. The maximum atomic E-state index is 10.5. The van der Waals surface area contributed by atoms with Gasteiger partial charge in [-0.1, -0.05) is 0 Å². The van der Waals surface area contributed by atoms with E-state index in [0.717, 1.165) is 0 Å². The van der Waals surface area contributed by atoms with Crippen molar-refractivity contribution >= 4 is 29.5 Å². The Bertz CT molecular complexity index is 157. The highest BCUT2D eigenvalue weighted by molar-refractivity contribution is 7.80. The summed E-state index contributed by atoms with van der Waals surface area (Å²) in [5.74, 6) is -0.144. The lowest BCUT2D eigenvalue weighted by atomic mass is 10.6. The van der Waals surface area contributed by atoms with E-state index in [-0.39, 0.29) is 5.91 Å². The van der Waals surface area contributed by atoms with Gasteiger partial charge in [-0.05, 0) is 12.2 Å². The molecule has 8 heavy (non-hydrogen) atoms. The van der Waals surface area contributed by atoms with Crippen LogP contribution < -0.4 is 0 Å². The number of rotatable bonds is 0. The van der Waals surface area contributed by atoms with E-state index >= 15 is 0 Å². The van der Waals surface area contributed by atoms with Crippen molar-refractivity contribution in [2.24, 2.45) is 4.99 Å². The highest BCUT2D eigenvalue weighted by atomic mass is 32.1. The molecule has 4 heteroatoms. The third-order valence-electron chi connectivity index (χ3n) is 0.903. The van der Waals surface area contributed by atoms with Crippen molar-refractivity contribution in [3.63, 3.8) is 0 Å². The Kier molecular flexibility index (Phi) is 1.09. The lowest BCUT2D eigenvalue weighted by molar-refractivity contribution is -0.118. The maximum absolute atomic E-state index is 10.5. The first-order chi connectivity index (χ1) is 3.72. The molecule has 1 aliphatic rings. The van der Waals surface area contributed by atoms with E-state index in [1.807, 2.05) is 0 Å². The van der Waals surface area contributed by atoms with E-state index in [0.29, 0.717) is 5.11 Å². The second-order valence-electron chi connectivity index (χ2n) is 1.44. The molecule has 0 spiro atoms. The molecule has 3 nitrogen and oxygen atoms in total. The second kappa shape index (κ2) is 1.63. The van der Waals surface area contributed by atoms with Crippen LogP contribution in [0.1, 0.15) is 0 Å². The zero-order valence-electron chi connectivity index (χ0n) is 4.29. The Morgan fingerprint density at radius 1 is 1.88 bits per heavy atom. The van der Waals surface area contributed by atoms with Gasteiger partial charge in [-0.2, -0.15) is 0 Å². The molecule has 1 aliphatic heterocycles. The van der Waals surface area contributed by atoms with Gasteiger partial charge in [0, 0.05) is 7.05 Å². The van der Waals surface area contributed by atoms with Crippen molar-refractivity contribution in [1.29, 1.82) is 0 Å². The molecule has 1 rings (SSSR count). The van der Waals surface area contributed by atoms with Crippen LogP contribution in [-0.4, -0.2) is 29.2 Å². The molecule has 0 saturated heterocycles. The van der Waals surface area contributed by atoms with Crippen LogP contribution in [0.3, 0.4) is 0 Å². The third-order valence-corrected chi connectivity index (χ3v) is 1.28.